The van der Waals surface area contributed by atoms with E-state index >= 15 is 0 Å². The standard InChI is InChI=1S/C17H19BrO3/c1-3-10-20-14-5-7-15(8-6-14)21-17-9-4-13(18)11-16(17)12(2)19/h4-9,11-12,19H,3,10H2,1-2H3. The van der Waals surface area contributed by atoms with Gasteiger partial charge in [0.05, 0.1) is 12.7 Å². The second kappa shape index (κ2) is 7.48. The fraction of sp³-hybridized carbons (Fsp3) is 0.294. The second-order valence-corrected chi connectivity index (χ2v) is 5.70. The predicted octanol–water partition coefficient (Wildman–Crippen LogP) is 5.08. The summed E-state index contributed by atoms with van der Waals surface area (Å²) in [5, 5.41) is 9.83. The summed E-state index contributed by atoms with van der Waals surface area (Å²) in [5.41, 5.74) is 0.746. The van der Waals surface area contributed by atoms with Gasteiger partial charge in [0.25, 0.3) is 0 Å². The zero-order valence-electron chi connectivity index (χ0n) is 12.2. The first-order chi connectivity index (χ1) is 10.1. The zero-order valence-corrected chi connectivity index (χ0v) is 13.8. The molecule has 21 heavy (non-hydrogen) atoms. The van der Waals surface area contributed by atoms with Crippen LogP contribution in [0.15, 0.2) is 46.9 Å². The molecular formula is C17H19BrO3. The van der Waals surface area contributed by atoms with Crippen LogP contribution in [0.1, 0.15) is 31.9 Å². The van der Waals surface area contributed by atoms with Crippen molar-refractivity contribution in [1.82, 2.24) is 0 Å². The van der Waals surface area contributed by atoms with Crippen molar-refractivity contribution >= 4 is 15.9 Å². The third-order valence-electron chi connectivity index (χ3n) is 2.95. The first-order valence-electron chi connectivity index (χ1n) is 6.98. The van der Waals surface area contributed by atoms with Crippen LogP contribution in [0.25, 0.3) is 0 Å². The maximum Gasteiger partial charge on any atom is 0.133 e. The van der Waals surface area contributed by atoms with Gasteiger partial charge in [-0.1, -0.05) is 22.9 Å². The van der Waals surface area contributed by atoms with Crippen molar-refractivity contribution in [2.75, 3.05) is 6.61 Å². The van der Waals surface area contributed by atoms with E-state index in [9.17, 15) is 5.11 Å². The molecule has 2 aromatic carbocycles. The average Bonchev–Trinajstić information content (AvgIpc) is 2.48. The van der Waals surface area contributed by atoms with Gasteiger partial charge in [-0.05, 0) is 55.8 Å². The fourth-order valence-electron chi connectivity index (χ4n) is 1.89. The molecule has 0 saturated carbocycles. The normalized spacial score (nSPS) is 12.0. The molecule has 2 rings (SSSR count). The van der Waals surface area contributed by atoms with E-state index in [2.05, 4.69) is 22.9 Å². The lowest BCUT2D eigenvalue weighted by Crippen LogP contribution is -1.97. The smallest absolute Gasteiger partial charge is 0.133 e. The maximum absolute atomic E-state index is 9.83. The number of hydrogen-bond acceptors (Lipinski definition) is 3. The van der Waals surface area contributed by atoms with Crippen molar-refractivity contribution in [2.24, 2.45) is 0 Å². The lowest BCUT2D eigenvalue weighted by Gasteiger charge is -2.14. The van der Waals surface area contributed by atoms with Gasteiger partial charge in [0.15, 0.2) is 0 Å². The SMILES string of the molecule is CCCOc1ccc(Oc2ccc(Br)cc2C(C)O)cc1. The Kier molecular flexibility index (Phi) is 5.65. The molecule has 0 aliphatic heterocycles. The maximum atomic E-state index is 9.83. The molecule has 1 atom stereocenters. The molecule has 112 valence electrons. The molecule has 0 fully saturated rings. The minimum absolute atomic E-state index is 0.593. The van der Waals surface area contributed by atoms with Crippen molar-refractivity contribution in [3.8, 4) is 17.2 Å². The van der Waals surface area contributed by atoms with Crippen molar-refractivity contribution < 1.29 is 14.6 Å². The summed E-state index contributed by atoms with van der Waals surface area (Å²) in [4.78, 5) is 0. The van der Waals surface area contributed by atoms with Gasteiger partial charge < -0.3 is 14.6 Å². The van der Waals surface area contributed by atoms with E-state index in [1.165, 1.54) is 0 Å². The van der Waals surface area contributed by atoms with Crippen LogP contribution in [0.4, 0.5) is 0 Å². The Morgan fingerprint density at radius 3 is 2.38 bits per heavy atom. The van der Waals surface area contributed by atoms with Crippen LogP contribution in [-0.2, 0) is 0 Å². The second-order valence-electron chi connectivity index (χ2n) is 4.78. The highest BCUT2D eigenvalue weighted by molar-refractivity contribution is 9.10. The van der Waals surface area contributed by atoms with Crippen molar-refractivity contribution in [1.29, 1.82) is 0 Å². The van der Waals surface area contributed by atoms with Crippen LogP contribution in [0.5, 0.6) is 17.2 Å². The van der Waals surface area contributed by atoms with E-state index in [0.29, 0.717) is 18.1 Å². The van der Waals surface area contributed by atoms with Gasteiger partial charge in [-0.2, -0.15) is 0 Å². The summed E-state index contributed by atoms with van der Waals surface area (Å²) in [6, 6.07) is 13.1. The highest BCUT2D eigenvalue weighted by Crippen LogP contribution is 2.32. The molecule has 0 spiro atoms. The van der Waals surface area contributed by atoms with E-state index < -0.39 is 6.10 Å². The fourth-order valence-corrected chi connectivity index (χ4v) is 2.27. The number of hydrogen-bond donors (Lipinski definition) is 1. The molecule has 0 amide bonds. The largest absolute Gasteiger partial charge is 0.494 e. The summed E-state index contributed by atoms with van der Waals surface area (Å²) >= 11 is 3.40. The first kappa shape index (κ1) is 15.9. The Labute approximate surface area is 133 Å². The molecule has 0 radical (unpaired) electrons. The van der Waals surface area contributed by atoms with Crippen molar-refractivity contribution in [2.45, 2.75) is 26.4 Å². The summed E-state index contributed by atoms with van der Waals surface area (Å²) in [6.07, 6.45) is 0.388. The summed E-state index contributed by atoms with van der Waals surface area (Å²) in [6.45, 7) is 4.50. The number of aliphatic hydroxyl groups is 1. The molecule has 2 aromatic rings. The molecule has 0 aliphatic rings. The first-order valence-corrected chi connectivity index (χ1v) is 7.77. The van der Waals surface area contributed by atoms with Gasteiger partial charge in [-0.15, -0.1) is 0 Å². The highest BCUT2D eigenvalue weighted by Gasteiger charge is 2.10. The minimum Gasteiger partial charge on any atom is -0.494 e. The van der Waals surface area contributed by atoms with Gasteiger partial charge in [0.2, 0.25) is 0 Å². The van der Waals surface area contributed by atoms with Crippen LogP contribution in [0.2, 0.25) is 0 Å². The number of aliphatic hydroxyl groups excluding tert-OH is 1. The van der Waals surface area contributed by atoms with Gasteiger partial charge in [-0.25, -0.2) is 0 Å². The van der Waals surface area contributed by atoms with E-state index in [1.54, 1.807) is 6.92 Å². The Morgan fingerprint density at radius 2 is 1.76 bits per heavy atom. The Morgan fingerprint density at radius 1 is 1.10 bits per heavy atom. The molecule has 0 aromatic heterocycles. The van der Waals surface area contributed by atoms with Crippen LogP contribution >= 0.6 is 15.9 Å². The number of benzene rings is 2. The molecule has 0 heterocycles. The monoisotopic (exact) mass is 350 g/mol. The van der Waals surface area contributed by atoms with Crippen LogP contribution in [-0.4, -0.2) is 11.7 Å². The predicted molar refractivity (Wildman–Crippen MR) is 87.1 cm³/mol. The number of halogens is 1. The minimum atomic E-state index is -0.593. The van der Waals surface area contributed by atoms with Crippen LogP contribution < -0.4 is 9.47 Å². The topological polar surface area (TPSA) is 38.7 Å². The van der Waals surface area contributed by atoms with E-state index in [1.807, 2.05) is 42.5 Å². The molecule has 3 nitrogen and oxygen atoms in total. The number of ether oxygens (including phenoxy) is 2. The lowest BCUT2D eigenvalue weighted by atomic mass is 10.1. The lowest BCUT2D eigenvalue weighted by molar-refractivity contribution is 0.195. The Bertz CT molecular complexity index is 579. The van der Waals surface area contributed by atoms with Crippen molar-refractivity contribution in [3.05, 3.63) is 52.5 Å². The third kappa shape index (κ3) is 4.48. The highest BCUT2D eigenvalue weighted by atomic mass is 79.9. The Hall–Kier alpha value is -1.52. The molecule has 1 unspecified atom stereocenters. The average molecular weight is 351 g/mol. The summed E-state index contributed by atoms with van der Waals surface area (Å²) in [7, 11) is 0. The van der Waals surface area contributed by atoms with Gasteiger partial charge in [0.1, 0.15) is 17.2 Å². The quantitative estimate of drug-likeness (QED) is 0.788. The molecule has 4 heteroatoms. The number of rotatable bonds is 6. The Balaban J connectivity index is 2.14. The van der Waals surface area contributed by atoms with E-state index in [0.717, 1.165) is 22.2 Å². The molecule has 0 saturated heterocycles. The van der Waals surface area contributed by atoms with Gasteiger partial charge >= 0.3 is 0 Å². The molecular weight excluding hydrogens is 332 g/mol. The van der Waals surface area contributed by atoms with Gasteiger partial charge in [0, 0.05) is 10.0 Å². The van der Waals surface area contributed by atoms with Crippen molar-refractivity contribution in [3.63, 3.8) is 0 Å². The van der Waals surface area contributed by atoms with E-state index in [-0.39, 0.29) is 0 Å². The molecule has 0 aliphatic carbocycles. The van der Waals surface area contributed by atoms with Crippen LogP contribution in [0.3, 0.4) is 0 Å². The van der Waals surface area contributed by atoms with E-state index in [4.69, 9.17) is 9.47 Å². The zero-order chi connectivity index (χ0) is 15.2. The summed E-state index contributed by atoms with van der Waals surface area (Å²) in [5.74, 6) is 2.19. The molecule has 0 bridgehead atoms. The summed E-state index contributed by atoms with van der Waals surface area (Å²) < 4.78 is 12.3. The van der Waals surface area contributed by atoms with Gasteiger partial charge in [-0.3, -0.25) is 0 Å². The third-order valence-corrected chi connectivity index (χ3v) is 3.44. The molecule has 1 N–H and O–H groups in total. The van der Waals surface area contributed by atoms with Crippen LogP contribution in [0, 0.1) is 0 Å².